The summed E-state index contributed by atoms with van der Waals surface area (Å²) in [6.45, 7) is 6.96. The minimum Gasteiger partial charge on any atom is -0.427 e. The number of nitrogens with zero attached hydrogens (tertiary/aromatic N) is 3. The first-order valence-corrected chi connectivity index (χ1v) is 8.41. The standard InChI is InChI=1S/C10H12N2O2.C9H9NO3/c1-5-7-8(10(14)11(5)3)6(2)12(4)9(7)13;1-4-6-7(8(11)10(4)3)5(2)13-9(6)12/h1-4H3;1-3H3. The number of carbonyl (C=O) groups is 4. The molecule has 0 fully saturated rings. The van der Waals surface area contributed by atoms with Gasteiger partial charge in [0.1, 0.15) is 5.76 Å². The number of rotatable bonds is 0. The Hall–Kier alpha value is -3.16. The van der Waals surface area contributed by atoms with E-state index in [1.807, 2.05) is 0 Å². The van der Waals surface area contributed by atoms with Crippen molar-refractivity contribution in [3.63, 3.8) is 0 Å². The van der Waals surface area contributed by atoms with Crippen LogP contribution in [0.3, 0.4) is 0 Å². The molecular formula is C19H21N3O5. The molecule has 4 rings (SSSR count). The molecule has 8 heteroatoms. The van der Waals surface area contributed by atoms with Crippen LogP contribution in [0.4, 0.5) is 0 Å². The minimum atomic E-state index is -0.414. The van der Waals surface area contributed by atoms with Crippen LogP contribution in [0.5, 0.6) is 0 Å². The fourth-order valence-electron chi connectivity index (χ4n) is 3.45. The summed E-state index contributed by atoms with van der Waals surface area (Å²) in [5.41, 5.74) is 4.14. The molecule has 4 aliphatic heterocycles. The predicted octanol–water partition coefficient (Wildman–Crippen LogP) is 1.04. The van der Waals surface area contributed by atoms with Gasteiger partial charge < -0.3 is 19.4 Å². The lowest BCUT2D eigenvalue weighted by Crippen LogP contribution is -2.24. The van der Waals surface area contributed by atoms with Gasteiger partial charge in [-0.15, -0.1) is 0 Å². The van der Waals surface area contributed by atoms with Crippen molar-refractivity contribution < 1.29 is 23.9 Å². The van der Waals surface area contributed by atoms with Crippen molar-refractivity contribution in [2.24, 2.45) is 0 Å². The van der Waals surface area contributed by atoms with E-state index in [2.05, 4.69) is 0 Å². The SMILES string of the molecule is CC1=C2C(=O)N(C)C(C)=C2C(=O)N1C.CC1=C2C(=O)N(C)C(C)=C2C(=O)O1. The lowest BCUT2D eigenvalue weighted by molar-refractivity contribution is -0.133. The van der Waals surface area contributed by atoms with Crippen molar-refractivity contribution in [3.05, 3.63) is 45.1 Å². The molecule has 0 aromatic heterocycles. The largest absolute Gasteiger partial charge is 0.427 e. The van der Waals surface area contributed by atoms with Gasteiger partial charge in [-0.05, 0) is 27.7 Å². The second-order valence-electron chi connectivity index (χ2n) is 6.79. The van der Waals surface area contributed by atoms with E-state index in [4.69, 9.17) is 4.74 Å². The molecule has 8 nitrogen and oxygen atoms in total. The summed E-state index contributed by atoms with van der Waals surface area (Å²) in [7, 11) is 5.03. The van der Waals surface area contributed by atoms with Crippen LogP contribution in [0.15, 0.2) is 45.1 Å². The van der Waals surface area contributed by atoms with Crippen LogP contribution in [0, 0.1) is 0 Å². The van der Waals surface area contributed by atoms with Crippen molar-refractivity contribution >= 4 is 23.7 Å². The molecule has 0 bridgehead atoms. The van der Waals surface area contributed by atoms with Gasteiger partial charge in [0.15, 0.2) is 0 Å². The van der Waals surface area contributed by atoms with Gasteiger partial charge in [0, 0.05) is 38.2 Å². The molecule has 0 N–H and O–H groups in total. The second-order valence-corrected chi connectivity index (χ2v) is 6.79. The van der Waals surface area contributed by atoms with Crippen LogP contribution in [-0.2, 0) is 23.9 Å². The molecule has 0 unspecified atom stereocenters. The highest BCUT2D eigenvalue weighted by molar-refractivity contribution is 6.19. The Morgan fingerprint density at radius 2 is 0.889 bits per heavy atom. The van der Waals surface area contributed by atoms with Crippen molar-refractivity contribution in [2.75, 3.05) is 21.1 Å². The molecule has 3 amide bonds. The molecule has 142 valence electrons. The van der Waals surface area contributed by atoms with Crippen LogP contribution in [0.2, 0.25) is 0 Å². The third kappa shape index (κ3) is 2.36. The summed E-state index contributed by atoms with van der Waals surface area (Å²) in [6, 6.07) is 0. The van der Waals surface area contributed by atoms with E-state index < -0.39 is 5.97 Å². The first-order valence-electron chi connectivity index (χ1n) is 8.41. The number of hydrogen-bond donors (Lipinski definition) is 0. The number of hydrogen-bond acceptors (Lipinski definition) is 5. The van der Waals surface area contributed by atoms with E-state index in [1.165, 1.54) is 14.7 Å². The zero-order valence-corrected chi connectivity index (χ0v) is 16.4. The lowest BCUT2D eigenvalue weighted by atomic mass is 10.1. The molecule has 0 aromatic rings. The molecule has 0 radical (unpaired) electrons. The maximum atomic E-state index is 11.7. The zero-order valence-electron chi connectivity index (χ0n) is 16.4. The number of fused-ring (bicyclic) bond motifs is 2. The third-order valence-electron chi connectivity index (χ3n) is 5.45. The fourth-order valence-corrected chi connectivity index (χ4v) is 3.45. The number of allylic oxidation sites excluding steroid dienone is 4. The van der Waals surface area contributed by atoms with Gasteiger partial charge in [-0.25, -0.2) is 4.79 Å². The molecule has 0 saturated heterocycles. The summed E-state index contributed by atoms with van der Waals surface area (Å²) in [6.07, 6.45) is 0. The normalized spacial score (nSPS) is 21.7. The highest BCUT2D eigenvalue weighted by Gasteiger charge is 2.43. The summed E-state index contributed by atoms with van der Waals surface area (Å²) in [5, 5.41) is 0. The van der Waals surface area contributed by atoms with E-state index in [-0.39, 0.29) is 17.7 Å². The van der Waals surface area contributed by atoms with Gasteiger partial charge >= 0.3 is 5.97 Å². The van der Waals surface area contributed by atoms with Crippen molar-refractivity contribution in [2.45, 2.75) is 27.7 Å². The van der Waals surface area contributed by atoms with Gasteiger partial charge in [0.2, 0.25) is 0 Å². The van der Waals surface area contributed by atoms with Gasteiger partial charge in [0.05, 0.1) is 22.3 Å². The Balaban J connectivity index is 0.000000156. The Kier molecular flexibility index (Phi) is 4.09. The Morgan fingerprint density at radius 1 is 0.556 bits per heavy atom. The smallest absolute Gasteiger partial charge is 0.345 e. The first-order chi connectivity index (χ1) is 12.5. The lowest BCUT2D eigenvalue weighted by Gasteiger charge is -2.15. The number of ether oxygens (including phenoxy) is 1. The van der Waals surface area contributed by atoms with Gasteiger partial charge in [-0.2, -0.15) is 0 Å². The first kappa shape index (κ1) is 18.6. The molecule has 0 atom stereocenters. The monoisotopic (exact) mass is 371 g/mol. The van der Waals surface area contributed by atoms with Crippen molar-refractivity contribution in [1.29, 1.82) is 0 Å². The van der Waals surface area contributed by atoms with Gasteiger partial charge in [-0.1, -0.05) is 0 Å². The van der Waals surface area contributed by atoms with Crippen LogP contribution in [0.1, 0.15) is 27.7 Å². The van der Waals surface area contributed by atoms with Crippen LogP contribution in [-0.4, -0.2) is 59.5 Å². The molecule has 0 aliphatic carbocycles. The summed E-state index contributed by atoms with van der Waals surface area (Å²) in [4.78, 5) is 50.8. The van der Waals surface area contributed by atoms with Gasteiger partial charge in [-0.3, -0.25) is 14.4 Å². The summed E-state index contributed by atoms with van der Waals surface area (Å²) >= 11 is 0. The number of likely N-dealkylation sites (N-methyl/N-ethyl adjacent to an activating group) is 3. The van der Waals surface area contributed by atoms with E-state index in [1.54, 1.807) is 48.8 Å². The number of cyclic esters (lactones) is 1. The molecular weight excluding hydrogens is 350 g/mol. The highest BCUT2D eigenvalue weighted by Crippen LogP contribution is 2.37. The molecule has 27 heavy (non-hydrogen) atoms. The van der Waals surface area contributed by atoms with E-state index in [0.717, 1.165) is 11.4 Å². The van der Waals surface area contributed by atoms with Crippen LogP contribution < -0.4 is 0 Å². The molecule has 4 heterocycles. The average molecular weight is 371 g/mol. The second kappa shape index (κ2) is 5.94. The molecule has 0 saturated carbocycles. The van der Waals surface area contributed by atoms with E-state index in [9.17, 15) is 19.2 Å². The van der Waals surface area contributed by atoms with Crippen LogP contribution in [0.25, 0.3) is 0 Å². The Morgan fingerprint density at radius 3 is 1.26 bits per heavy atom. The topological polar surface area (TPSA) is 87.2 Å². The fraction of sp³-hybridized carbons (Fsp3) is 0.368. The van der Waals surface area contributed by atoms with Crippen LogP contribution >= 0.6 is 0 Å². The highest BCUT2D eigenvalue weighted by atomic mass is 16.5. The number of esters is 1. The van der Waals surface area contributed by atoms with E-state index in [0.29, 0.717) is 33.7 Å². The molecule has 0 spiro atoms. The third-order valence-corrected chi connectivity index (χ3v) is 5.45. The van der Waals surface area contributed by atoms with Crippen molar-refractivity contribution in [3.8, 4) is 0 Å². The minimum absolute atomic E-state index is 0.0762. The predicted molar refractivity (Wildman–Crippen MR) is 95.2 cm³/mol. The average Bonchev–Trinajstić information content (AvgIpc) is 3.21. The zero-order chi connectivity index (χ0) is 20.4. The maximum absolute atomic E-state index is 11.7. The number of carbonyl (C=O) groups excluding carboxylic acids is 4. The van der Waals surface area contributed by atoms with Crippen molar-refractivity contribution in [1.82, 2.24) is 14.7 Å². The van der Waals surface area contributed by atoms with Gasteiger partial charge in [0.25, 0.3) is 17.7 Å². The molecule has 0 aromatic carbocycles. The Bertz CT molecular complexity index is 924. The summed E-state index contributed by atoms with van der Waals surface area (Å²) < 4.78 is 4.85. The number of amides is 3. The maximum Gasteiger partial charge on any atom is 0.345 e. The quantitative estimate of drug-likeness (QED) is 0.594. The molecule has 4 aliphatic rings. The summed E-state index contributed by atoms with van der Waals surface area (Å²) in [5.74, 6) is -0.312. The van der Waals surface area contributed by atoms with E-state index >= 15 is 0 Å². The Labute approximate surface area is 157 Å².